The number of aliphatic carboxylic acids is 1. The first-order chi connectivity index (χ1) is 9.27. The Kier molecular flexibility index (Phi) is 5.01. The lowest BCUT2D eigenvalue weighted by Crippen LogP contribution is -2.26. The van der Waals surface area contributed by atoms with Crippen LogP contribution >= 0.6 is 0 Å². The molecule has 0 aromatic carbocycles. The van der Waals surface area contributed by atoms with E-state index in [4.69, 9.17) is 5.11 Å². The van der Waals surface area contributed by atoms with E-state index in [1.165, 1.54) is 37.8 Å². The largest absolute Gasteiger partial charge is 0.478 e. The highest BCUT2D eigenvalue weighted by Gasteiger charge is 2.10. The average molecular weight is 259 g/mol. The van der Waals surface area contributed by atoms with Gasteiger partial charge >= 0.3 is 5.97 Å². The summed E-state index contributed by atoms with van der Waals surface area (Å²) in [5.41, 5.74) is 1.50. The summed E-state index contributed by atoms with van der Waals surface area (Å²) in [5, 5.41) is 8.95. The Morgan fingerprint density at radius 1 is 0.947 bits per heavy atom. The molecule has 2 rings (SSSR count). The molecule has 0 aromatic rings. The monoisotopic (exact) mass is 259 g/mol. The number of rotatable bonds is 2. The van der Waals surface area contributed by atoms with Crippen molar-refractivity contribution in [3.05, 3.63) is 47.7 Å². The van der Waals surface area contributed by atoms with E-state index in [0.29, 0.717) is 5.57 Å². The summed E-state index contributed by atoms with van der Waals surface area (Å²) < 4.78 is 0. The van der Waals surface area contributed by atoms with Gasteiger partial charge in [-0.05, 0) is 37.1 Å². The minimum absolute atomic E-state index is 0.319. The minimum atomic E-state index is -0.885. The summed E-state index contributed by atoms with van der Waals surface area (Å²) in [7, 11) is 0. The van der Waals surface area contributed by atoms with E-state index in [1.54, 1.807) is 12.2 Å². The lowest BCUT2D eigenvalue weighted by atomic mass is 10.1. The van der Waals surface area contributed by atoms with Crippen molar-refractivity contribution in [3.8, 4) is 0 Å². The van der Waals surface area contributed by atoms with Crippen molar-refractivity contribution in [2.24, 2.45) is 0 Å². The van der Waals surface area contributed by atoms with Crippen LogP contribution in [0.15, 0.2) is 47.7 Å². The quantitative estimate of drug-likeness (QED) is 0.827. The molecule has 1 aliphatic heterocycles. The van der Waals surface area contributed by atoms with Crippen molar-refractivity contribution in [1.82, 2.24) is 4.90 Å². The van der Waals surface area contributed by atoms with Crippen molar-refractivity contribution < 1.29 is 9.90 Å². The molecular weight excluding hydrogens is 238 g/mol. The van der Waals surface area contributed by atoms with Gasteiger partial charge < -0.3 is 10.0 Å². The smallest absolute Gasteiger partial charge is 0.335 e. The Hall–Kier alpha value is -1.77. The molecule has 19 heavy (non-hydrogen) atoms. The van der Waals surface area contributed by atoms with Gasteiger partial charge in [-0.1, -0.05) is 31.4 Å². The second-order valence-electron chi connectivity index (χ2n) is 4.99. The number of allylic oxidation sites excluding steroid dienone is 5. The van der Waals surface area contributed by atoms with Gasteiger partial charge in [-0.2, -0.15) is 0 Å². The van der Waals surface area contributed by atoms with Crippen LogP contribution in [0.2, 0.25) is 0 Å². The van der Waals surface area contributed by atoms with E-state index < -0.39 is 5.97 Å². The summed E-state index contributed by atoms with van der Waals surface area (Å²) in [6, 6.07) is 0. The molecule has 0 unspecified atom stereocenters. The van der Waals surface area contributed by atoms with E-state index in [9.17, 15) is 4.79 Å². The Bertz CT molecular complexity index is 436. The molecule has 102 valence electrons. The van der Waals surface area contributed by atoms with E-state index in [-0.39, 0.29) is 0 Å². The molecule has 0 spiro atoms. The summed E-state index contributed by atoms with van der Waals surface area (Å²) in [5.74, 6) is -0.885. The highest BCUT2D eigenvalue weighted by molar-refractivity contribution is 5.90. The van der Waals surface area contributed by atoms with Gasteiger partial charge in [-0.25, -0.2) is 4.79 Å². The van der Waals surface area contributed by atoms with Crippen LogP contribution in [0.4, 0.5) is 0 Å². The van der Waals surface area contributed by atoms with Gasteiger partial charge in [-0.3, -0.25) is 0 Å². The maximum absolute atomic E-state index is 10.9. The first-order valence-electron chi connectivity index (χ1n) is 7.02. The van der Waals surface area contributed by atoms with Crippen molar-refractivity contribution in [1.29, 1.82) is 0 Å². The highest BCUT2D eigenvalue weighted by Crippen LogP contribution is 2.17. The Balaban J connectivity index is 2.06. The van der Waals surface area contributed by atoms with E-state index in [0.717, 1.165) is 13.1 Å². The van der Waals surface area contributed by atoms with Gasteiger partial charge in [0.1, 0.15) is 0 Å². The van der Waals surface area contributed by atoms with Crippen LogP contribution in [0.3, 0.4) is 0 Å². The zero-order chi connectivity index (χ0) is 13.5. The molecule has 0 aromatic heterocycles. The lowest BCUT2D eigenvalue weighted by Gasteiger charge is -2.27. The molecule has 3 heteroatoms. The third kappa shape index (κ3) is 4.12. The number of likely N-dealkylation sites (tertiary alicyclic amines) is 1. The minimum Gasteiger partial charge on any atom is -0.478 e. The van der Waals surface area contributed by atoms with Crippen LogP contribution in [-0.4, -0.2) is 29.1 Å². The first kappa shape index (κ1) is 13.7. The van der Waals surface area contributed by atoms with Gasteiger partial charge in [0, 0.05) is 18.8 Å². The van der Waals surface area contributed by atoms with Crippen LogP contribution in [0.25, 0.3) is 0 Å². The van der Waals surface area contributed by atoms with Crippen LogP contribution in [0.1, 0.15) is 32.1 Å². The Morgan fingerprint density at radius 3 is 2.26 bits per heavy atom. The van der Waals surface area contributed by atoms with Crippen LogP contribution in [-0.2, 0) is 4.79 Å². The maximum atomic E-state index is 10.9. The molecule has 0 radical (unpaired) electrons. The molecule has 1 fully saturated rings. The highest BCUT2D eigenvalue weighted by atomic mass is 16.4. The zero-order valence-electron chi connectivity index (χ0n) is 11.2. The average Bonchev–Trinajstić information content (AvgIpc) is 2.29. The summed E-state index contributed by atoms with van der Waals surface area (Å²) in [6.45, 7) is 2.19. The number of hydrogen-bond acceptors (Lipinski definition) is 2. The van der Waals surface area contributed by atoms with Crippen molar-refractivity contribution in [2.75, 3.05) is 13.1 Å². The normalized spacial score (nSPS) is 25.2. The number of carbonyl (C=O) groups is 1. The third-order valence-electron chi connectivity index (χ3n) is 3.55. The number of carboxylic acids is 1. The second-order valence-corrected chi connectivity index (χ2v) is 4.99. The van der Waals surface area contributed by atoms with Gasteiger partial charge in [-0.15, -0.1) is 0 Å². The van der Waals surface area contributed by atoms with Gasteiger partial charge in [0.05, 0.1) is 5.57 Å². The fraction of sp³-hybridized carbons (Fsp3) is 0.438. The maximum Gasteiger partial charge on any atom is 0.335 e. The summed E-state index contributed by atoms with van der Waals surface area (Å²) in [4.78, 5) is 13.3. The zero-order valence-corrected chi connectivity index (χ0v) is 11.2. The Morgan fingerprint density at radius 2 is 1.58 bits per heavy atom. The fourth-order valence-electron chi connectivity index (χ4n) is 2.47. The predicted molar refractivity (Wildman–Crippen MR) is 76.7 cm³/mol. The topological polar surface area (TPSA) is 40.5 Å². The summed E-state index contributed by atoms with van der Waals surface area (Å²) >= 11 is 0. The van der Waals surface area contributed by atoms with Crippen molar-refractivity contribution in [2.45, 2.75) is 32.1 Å². The van der Waals surface area contributed by atoms with Crippen LogP contribution in [0, 0.1) is 0 Å². The number of carboxylic acid groups (broad SMARTS) is 1. The van der Waals surface area contributed by atoms with Gasteiger partial charge in [0.15, 0.2) is 0 Å². The van der Waals surface area contributed by atoms with E-state index in [1.807, 2.05) is 24.3 Å². The molecule has 0 saturated carbocycles. The fourth-order valence-corrected chi connectivity index (χ4v) is 2.47. The van der Waals surface area contributed by atoms with Crippen LogP contribution in [0.5, 0.6) is 0 Å². The first-order valence-corrected chi connectivity index (χ1v) is 7.02. The second kappa shape index (κ2) is 6.98. The molecule has 0 bridgehead atoms. The van der Waals surface area contributed by atoms with Crippen LogP contribution < -0.4 is 0 Å². The molecule has 1 N–H and O–H groups in total. The van der Waals surface area contributed by atoms with Crippen molar-refractivity contribution in [3.63, 3.8) is 0 Å². The third-order valence-corrected chi connectivity index (χ3v) is 3.55. The molecule has 3 nitrogen and oxygen atoms in total. The molecule has 1 aliphatic carbocycles. The molecule has 2 aliphatic rings. The predicted octanol–water partition coefficient (Wildman–Crippen LogP) is 3.27. The Labute approximate surface area is 114 Å². The SMILES string of the molecule is O=C(O)C1=C/C=C\C(N2CCCCCCC2)=C/C=C1. The molecule has 0 atom stereocenters. The molecule has 1 heterocycles. The standard InChI is InChI=1S/C16H21NO2/c18-16(19)14-8-6-10-15(11-7-9-14)17-12-4-2-1-3-5-13-17/h6-11H,1-5,12-13H2,(H,18,19)/b8-6?,9-7?,10-6-,11-7?,14-8?,14-9?,15-10?,15-11+. The van der Waals surface area contributed by atoms with E-state index >= 15 is 0 Å². The van der Waals surface area contributed by atoms with Crippen molar-refractivity contribution >= 4 is 5.97 Å². The number of nitrogens with zero attached hydrogens (tertiary/aromatic N) is 1. The molecule has 1 saturated heterocycles. The van der Waals surface area contributed by atoms with Gasteiger partial charge in [0.2, 0.25) is 0 Å². The molecular formula is C16H21NO2. The summed E-state index contributed by atoms with van der Waals surface area (Å²) in [6.07, 6.45) is 17.4. The molecule has 0 amide bonds. The lowest BCUT2D eigenvalue weighted by molar-refractivity contribution is -0.132. The number of hydrogen-bond donors (Lipinski definition) is 1. The van der Waals surface area contributed by atoms with Gasteiger partial charge in [0.25, 0.3) is 0 Å². The van der Waals surface area contributed by atoms with E-state index in [2.05, 4.69) is 4.90 Å².